The third-order valence-electron chi connectivity index (χ3n) is 2.97. The molecule has 0 unspecified atom stereocenters. The summed E-state index contributed by atoms with van der Waals surface area (Å²) in [5.74, 6) is 1.58. The highest BCUT2D eigenvalue weighted by Crippen LogP contribution is 2.30. The Morgan fingerprint density at radius 3 is 2.79 bits per heavy atom. The number of hydrogen-bond donors (Lipinski definition) is 2. The number of H-pyrrole nitrogens is 1. The molecule has 1 aromatic heterocycles. The molecule has 4 nitrogen and oxygen atoms in total. The van der Waals surface area contributed by atoms with E-state index >= 15 is 0 Å². The highest BCUT2D eigenvalue weighted by atomic mass is 79.9. The smallest absolute Gasteiger partial charge is 0.138 e. The molecule has 0 aliphatic rings. The van der Waals surface area contributed by atoms with Crippen LogP contribution in [0.2, 0.25) is 0 Å². The first-order valence-corrected chi connectivity index (χ1v) is 6.56. The number of nitrogens with two attached hydrogens (primary N) is 1. The van der Waals surface area contributed by atoms with Crippen molar-refractivity contribution in [3.05, 3.63) is 40.9 Å². The van der Waals surface area contributed by atoms with Gasteiger partial charge in [-0.15, -0.1) is 0 Å². The molecule has 0 bridgehead atoms. The number of methoxy groups -OCH3 is 1. The van der Waals surface area contributed by atoms with Crippen LogP contribution in [0.5, 0.6) is 5.75 Å². The van der Waals surface area contributed by atoms with Crippen LogP contribution in [-0.2, 0) is 0 Å². The van der Waals surface area contributed by atoms with Gasteiger partial charge in [0, 0.05) is 5.56 Å². The lowest BCUT2D eigenvalue weighted by atomic mass is 10.2. The van der Waals surface area contributed by atoms with Gasteiger partial charge in [0.1, 0.15) is 17.1 Å². The van der Waals surface area contributed by atoms with Crippen LogP contribution >= 0.6 is 15.9 Å². The van der Waals surface area contributed by atoms with Gasteiger partial charge in [0.25, 0.3) is 0 Å². The number of nitrogen functional groups attached to an aromatic ring is 1. The highest BCUT2D eigenvalue weighted by Gasteiger charge is 2.09. The van der Waals surface area contributed by atoms with E-state index in [2.05, 4.69) is 25.9 Å². The van der Waals surface area contributed by atoms with Gasteiger partial charge >= 0.3 is 0 Å². The second-order valence-electron chi connectivity index (χ2n) is 4.18. The summed E-state index contributed by atoms with van der Waals surface area (Å²) in [4.78, 5) is 7.80. The van der Waals surface area contributed by atoms with Gasteiger partial charge in [0.2, 0.25) is 0 Å². The maximum absolute atomic E-state index is 5.91. The molecule has 0 saturated carbocycles. The van der Waals surface area contributed by atoms with E-state index in [1.54, 1.807) is 7.11 Å². The van der Waals surface area contributed by atoms with Crippen LogP contribution in [0.25, 0.3) is 22.4 Å². The Morgan fingerprint density at radius 2 is 2.11 bits per heavy atom. The van der Waals surface area contributed by atoms with E-state index in [1.165, 1.54) is 0 Å². The van der Waals surface area contributed by atoms with Crippen LogP contribution in [0.3, 0.4) is 0 Å². The van der Waals surface area contributed by atoms with E-state index in [1.807, 2.05) is 36.4 Å². The molecule has 2 aromatic carbocycles. The number of anilines is 1. The number of nitrogens with zero attached hydrogens (tertiary/aromatic N) is 1. The van der Waals surface area contributed by atoms with Crippen LogP contribution < -0.4 is 10.5 Å². The number of fused-ring (bicyclic) bond motifs is 1. The molecule has 0 radical (unpaired) electrons. The summed E-state index contributed by atoms with van der Waals surface area (Å²) in [6.07, 6.45) is 0. The van der Waals surface area contributed by atoms with E-state index in [0.717, 1.165) is 32.6 Å². The second-order valence-corrected chi connectivity index (χ2v) is 5.03. The number of imidazole rings is 1. The van der Waals surface area contributed by atoms with E-state index < -0.39 is 0 Å². The number of aromatic amines is 1. The molecule has 96 valence electrons. The summed E-state index contributed by atoms with van der Waals surface area (Å²) < 4.78 is 6.11. The average Bonchev–Trinajstić information content (AvgIpc) is 2.84. The van der Waals surface area contributed by atoms with Gasteiger partial charge in [-0.25, -0.2) is 4.98 Å². The minimum Gasteiger partial charge on any atom is -0.496 e. The first-order valence-electron chi connectivity index (χ1n) is 5.77. The molecule has 19 heavy (non-hydrogen) atoms. The van der Waals surface area contributed by atoms with Crippen molar-refractivity contribution in [2.75, 3.05) is 12.8 Å². The monoisotopic (exact) mass is 317 g/mol. The Morgan fingerprint density at radius 1 is 1.26 bits per heavy atom. The van der Waals surface area contributed by atoms with E-state index in [4.69, 9.17) is 10.5 Å². The van der Waals surface area contributed by atoms with Crippen molar-refractivity contribution in [1.29, 1.82) is 0 Å². The van der Waals surface area contributed by atoms with Crippen molar-refractivity contribution in [3.63, 3.8) is 0 Å². The first-order chi connectivity index (χ1) is 9.19. The van der Waals surface area contributed by atoms with Gasteiger partial charge in [-0.2, -0.15) is 0 Å². The summed E-state index contributed by atoms with van der Waals surface area (Å²) in [6.45, 7) is 0. The Kier molecular flexibility index (Phi) is 2.91. The topological polar surface area (TPSA) is 63.9 Å². The molecule has 0 amide bonds. The minimum absolute atomic E-state index is 0.674. The lowest BCUT2D eigenvalue weighted by Crippen LogP contribution is -1.86. The number of rotatable bonds is 2. The fourth-order valence-electron chi connectivity index (χ4n) is 2.00. The van der Waals surface area contributed by atoms with Gasteiger partial charge in [0.15, 0.2) is 0 Å². The van der Waals surface area contributed by atoms with Crippen LogP contribution in [0.1, 0.15) is 0 Å². The molecule has 0 atom stereocenters. The lowest BCUT2D eigenvalue weighted by molar-refractivity contribution is 0.412. The van der Waals surface area contributed by atoms with Crippen LogP contribution in [0.15, 0.2) is 40.9 Å². The van der Waals surface area contributed by atoms with Crippen molar-refractivity contribution in [2.24, 2.45) is 0 Å². The van der Waals surface area contributed by atoms with Crippen molar-refractivity contribution in [2.45, 2.75) is 0 Å². The van der Waals surface area contributed by atoms with E-state index in [9.17, 15) is 0 Å². The van der Waals surface area contributed by atoms with Crippen molar-refractivity contribution < 1.29 is 4.74 Å². The number of para-hydroxylation sites is 1. The minimum atomic E-state index is 0.674. The lowest BCUT2D eigenvalue weighted by Gasteiger charge is -2.04. The first kappa shape index (κ1) is 12.0. The molecule has 3 aromatic rings. The van der Waals surface area contributed by atoms with Crippen molar-refractivity contribution >= 4 is 32.7 Å². The predicted molar refractivity (Wildman–Crippen MR) is 80.2 cm³/mol. The molecular weight excluding hydrogens is 306 g/mol. The molecule has 1 heterocycles. The van der Waals surface area contributed by atoms with Gasteiger partial charge in [0.05, 0.1) is 22.8 Å². The van der Waals surface area contributed by atoms with Crippen molar-refractivity contribution in [3.8, 4) is 17.1 Å². The number of ether oxygens (including phenoxy) is 1. The number of hydrogen-bond acceptors (Lipinski definition) is 3. The molecule has 3 N–H and O–H groups in total. The highest BCUT2D eigenvalue weighted by molar-refractivity contribution is 9.10. The summed E-state index contributed by atoms with van der Waals surface area (Å²) in [5, 5.41) is 0. The Labute approximate surface area is 118 Å². The third-order valence-corrected chi connectivity index (χ3v) is 3.59. The van der Waals surface area contributed by atoms with Gasteiger partial charge in [-0.05, 0) is 46.3 Å². The largest absolute Gasteiger partial charge is 0.496 e. The van der Waals surface area contributed by atoms with Gasteiger partial charge in [-0.3, -0.25) is 0 Å². The van der Waals surface area contributed by atoms with Gasteiger partial charge in [-0.1, -0.05) is 6.07 Å². The molecule has 0 spiro atoms. The number of benzene rings is 2. The van der Waals surface area contributed by atoms with Crippen LogP contribution in [-0.4, -0.2) is 17.1 Å². The Bertz CT molecular complexity index is 752. The average molecular weight is 318 g/mol. The molecule has 5 heteroatoms. The zero-order chi connectivity index (χ0) is 13.4. The summed E-state index contributed by atoms with van der Waals surface area (Å²) in [5.41, 5.74) is 9.29. The molecule has 0 fully saturated rings. The number of nitrogens with one attached hydrogen (secondary N) is 1. The molecule has 3 rings (SSSR count). The van der Waals surface area contributed by atoms with E-state index in [-0.39, 0.29) is 0 Å². The molecule has 0 aliphatic carbocycles. The zero-order valence-electron chi connectivity index (χ0n) is 10.3. The summed E-state index contributed by atoms with van der Waals surface area (Å²) in [6, 6.07) is 11.5. The second kappa shape index (κ2) is 4.59. The SMILES string of the molecule is COc1ccc(-c2nc3c(N)cccc3[nH]2)cc1Br. The summed E-state index contributed by atoms with van der Waals surface area (Å²) >= 11 is 3.47. The number of aromatic nitrogens is 2. The van der Waals surface area contributed by atoms with Gasteiger partial charge < -0.3 is 15.5 Å². The normalized spacial score (nSPS) is 10.8. The maximum atomic E-state index is 5.91. The fraction of sp³-hybridized carbons (Fsp3) is 0.0714. The molecule has 0 aliphatic heterocycles. The van der Waals surface area contributed by atoms with Crippen LogP contribution in [0, 0.1) is 0 Å². The molecular formula is C14H12BrN3O. The maximum Gasteiger partial charge on any atom is 0.138 e. The standard InChI is InChI=1S/C14H12BrN3O/c1-19-12-6-5-8(7-9(12)15)14-17-11-4-2-3-10(16)13(11)18-14/h2-7H,16H2,1H3,(H,17,18). The Balaban J connectivity index is 2.14. The zero-order valence-corrected chi connectivity index (χ0v) is 11.9. The fourth-order valence-corrected chi connectivity index (χ4v) is 2.55. The summed E-state index contributed by atoms with van der Waals surface area (Å²) in [7, 11) is 1.64. The number of halogens is 1. The van der Waals surface area contributed by atoms with E-state index in [0.29, 0.717) is 5.69 Å². The third kappa shape index (κ3) is 2.06. The van der Waals surface area contributed by atoms with Crippen LogP contribution in [0.4, 0.5) is 5.69 Å². The quantitative estimate of drug-likeness (QED) is 0.710. The molecule has 0 saturated heterocycles. The predicted octanol–water partition coefficient (Wildman–Crippen LogP) is 3.58. The van der Waals surface area contributed by atoms with Crippen molar-refractivity contribution in [1.82, 2.24) is 9.97 Å². The Hall–Kier alpha value is -2.01.